The van der Waals surface area contributed by atoms with Crippen molar-refractivity contribution in [2.45, 2.75) is 0 Å². The van der Waals surface area contributed by atoms with Gasteiger partial charge in [0.25, 0.3) is 0 Å². The van der Waals surface area contributed by atoms with Crippen LogP contribution in [-0.2, 0) is 7.05 Å². The number of hydrogen-bond acceptors (Lipinski definition) is 1. The van der Waals surface area contributed by atoms with Crippen LogP contribution >= 0.6 is 0 Å². The monoisotopic (exact) mass is 235 g/mol. The molecule has 0 saturated carbocycles. The molecule has 0 aliphatic carbocycles. The van der Waals surface area contributed by atoms with Crippen molar-refractivity contribution in [1.82, 2.24) is 4.57 Å². The smallest absolute Gasteiger partial charge is 0.167 e. The molecule has 0 atom stereocenters. The molecule has 2 heteroatoms. The second-order valence-corrected chi connectivity index (χ2v) is 4.32. The standard InChI is InChI=1S/C16H13NO/c1-17-14-10-6-5-9-13(14)16(15(17)11-18)12-7-3-2-4-8-12/h2-11H,1H3. The minimum atomic E-state index is 0.724. The van der Waals surface area contributed by atoms with Crippen LogP contribution in [0.25, 0.3) is 22.0 Å². The number of rotatable bonds is 2. The average Bonchev–Trinajstić information content (AvgIpc) is 2.73. The fourth-order valence-corrected chi connectivity index (χ4v) is 2.46. The number of aryl methyl sites for hydroxylation is 1. The van der Waals surface area contributed by atoms with Gasteiger partial charge < -0.3 is 4.57 Å². The third-order valence-corrected chi connectivity index (χ3v) is 3.33. The zero-order valence-corrected chi connectivity index (χ0v) is 10.1. The molecule has 0 amide bonds. The van der Waals surface area contributed by atoms with Gasteiger partial charge in [0, 0.05) is 23.5 Å². The van der Waals surface area contributed by atoms with Gasteiger partial charge in [-0.25, -0.2) is 0 Å². The van der Waals surface area contributed by atoms with E-state index < -0.39 is 0 Å². The first kappa shape index (κ1) is 10.8. The van der Waals surface area contributed by atoms with Gasteiger partial charge in [0.1, 0.15) is 0 Å². The summed E-state index contributed by atoms with van der Waals surface area (Å²) in [4.78, 5) is 11.4. The van der Waals surface area contributed by atoms with E-state index in [0.717, 1.165) is 34.0 Å². The number of fused-ring (bicyclic) bond motifs is 1. The second-order valence-electron chi connectivity index (χ2n) is 4.32. The first-order valence-electron chi connectivity index (χ1n) is 5.91. The summed E-state index contributed by atoms with van der Waals surface area (Å²) in [5, 5.41) is 1.12. The molecule has 0 aliphatic rings. The van der Waals surface area contributed by atoms with E-state index in [1.54, 1.807) is 0 Å². The van der Waals surface area contributed by atoms with Gasteiger partial charge in [0.2, 0.25) is 0 Å². The molecule has 3 rings (SSSR count). The highest BCUT2D eigenvalue weighted by atomic mass is 16.1. The summed E-state index contributed by atoms with van der Waals surface area (Å²) in [5.41, 5.74) is 3.90. The van der Waals surface area contributed by atoms with Gasteiger partial charge in [-0.1, -0.05) is 48.5 Å². The molecular formula is C16H13NO. The van der Waals surface area contributed by atoms with Crippen LogP contribution in [0.4, 0.5) is 0 Å². The minimum absolute atomic E-state index is 0.724. The van der Waals surface area contributed by atoms with Gasteiger partial charge in [-0.3, -0.25) is 4.79 Å². The number of hydrogen-bond donors (Lipinski definition) is 0. The molecule has 0 N–H and O–H groups in total. The van der Waals surface area contributed by atoms with E-state index in [9.17, 15) is 4.79 Å². The molecule has 88 valence electrons. The van der Waals surface area contributed by atoms with Crippen LogP contribution in [0.15, 0.2) is 54.6 Å². The Morgan fingerprint density at radius 2 is 1.61 bits per heavy atom. The van der Waals surface area contributed by atoms with Crippen LogP contribution < -0.4 is 0 Å². The van der Waals surface area contributed by atoms with Crippen LogP contribution in [0, 0.1) is 0 Å². The van der Waals surface area contributed by atoms with Crippen molar-refractivity contribution in [1.29, 1.82) is 0 Å². The number of para-hydroxylation sites is 1. The van der Waals surface area contributed by atoms with Crippen molar-refractivity contribution in [2.24, 2.45) is 7.05 Å². The van der Waals surface area contributed by atoms with E-state index in [4.69, 9.17) is 0 Å². The maximum atomic E-state index is 11.4. The van der Waals surface area contributed by atoms with Crippen LogP contribution in [0.2, 0.25) is 0 Å². The van der Waals surface area contributed by atoms with Crippen molar-refractivity contribution in [3.8, 4) is 11.1 Å². The van der Waals surface area contributed by atoms with Crippen molar-refractivity contribution < 1.29 is 4.79 Å². The molecule has 2 aromatic carbocycles. The summed E-state index contributed by atoms with van der Waals surface area (Å²) >= 11 is 0. The van der Waals surface area contributed by atoms with Crippen molar-refractivity contribution in [2.75, 3.05) is 0 Å². The molecular weight excluding hydrogens is 222 g/mol. The molecule has 2 nitrogen and oxygen atoms in total. The molecule has 1 aromatic heterocycles. The largest absolute Gasteiger partial charge is 0.341 e. The lowest BCUT2D eigenvalue weighted by atomic mass is 10.0. The quantitative estimate of drug-likeness (QED) is 0.621. The van der Waals surface area contributed by atoms with E-state index in [1.807, 2.05) is 60.1 Å². The number of carbonyl (C=O) groups excluding carboxylic acids is 1. The first-order chi connectivity index (χ1) is 8.83. The molecule has 0 radical (unpaired) electrons. The van der Waals surface area contributed by atoms with Gasteiger partial charge in [-0.15, -0.1) is 0 Å². The Hall–Kier alpha value is -2.35. The number of benzene rings is 2. The number of aromatic nitrogens is 1. The Kier molecular flexibility index (Phi) is 2.49. The summed E-state index contributed by atoms with van der Waals surface area (Å²) in [5.74, 6) is 0. The summed E-state index contributed by atoms with van der Waals surface area (Å²) in [7, 11) is 1.93. The third kappa shape index (κ3) is 1.46. The van der Waals surface area contributed by atoms with Crippen molar-refractivity contribution in [3.63, 3.8) is 0 Å². The average molecular weight is 235 g/mol. The number of carbonyl (C=O) groups is 1. The lowest BCUT2D eigenvalue weighted by Crippen LogP contribution is -1.95. The van der Waals surface area contributed by atoms with E-state index in [-0.39, 0.29) is 0 Å². The normalized spacial score (nSPS) is 10.7. The highest BCUT2D eigenvalue weighted by Gasteiger charge is 2.15. The Morgan fingerprint density at radius 3 is 2.33 bits per heavy atom. The van der Waals surface area contributed by atoms with Crippen molar-refractivity contribution >= 4 is 17.2 Å². The molecule has 0 fully saturated rings. The molecule has 18 heavy (non-hydrogen) atoms. The Labute approximate surface area is 105 Å². The molecule has 1 heterocycles. The lowest BCUT2D eigenvalue weighted by Gasteiger charge is -2.01. The fraction of sp³-hybridized carbons (Fsp3) is 0.0625. The molecule has 0 bridgehead atoms. The molecule has 0 saturated heterocycles. The van der Waals surface area contributed by atoms with Gasteiger partial charge >= 0.3 is 0 Å². The van der Waals surface area contributed by atoms with E-state index in [2.05, 4.69) is 6.07 Å². The Morgan fingerprint density at radius 1 is 0.944 bits per heavy atom. The maximum absolute atomic E-state index is 11.4. The van der Waals surface area contributed by atoms with E-state index >= 15 is 0 Å². The van der Waals surface area contributed by atoms with Gasteiger partial charge in [0.15, 0.2) is 6.29 Å². The topological polar surface area (TPSA) is 22.0 Å². The van der Waals surface area contributed by atoms with Crippen molar-refractivity contribution in [3.05, 3.63) is 60.3 Å². The SMILES string of the molecule is Cn1c(C=O)c(-c2ccccc2)c2ccccc21. The van der Waals surface area contributed by atoms with Crippen LogP contribution in [0.5, 0.6) is 0 Å². The fourth-order valence-electron chi connectivity index (χ4n) is 2.46. The van der Waals surface area contributed by atoms with Gasteiger partial charge in [0.05, 0.1) is 5.69 Å². The predicted molar refractivity (Wildman–Crippen MR) is 73.7 cm³/mol. The predicted octanol–water partition coefficient (Wildman–Crippen LogP) is 3.66. The summed E-state index contributed by atoms with van der Waals surface area (Å²) < 4.78 is 1.95. The zero-order valence-electron chi connectivity index (χ0n) is 10.1. The third-order valence-electron chi connectivity index (χ3n) is 3.33. The highest BCUT2D eigenvalue weighted by Crippen LogP contribution is 2.33. The highest BCUT2D eigenvalue weighted by molar-refractivity contribution is 6.04. The van der Waals surface area contributed by atoms with Gasteiger partial charge in [-0.05, 0) is 11.6 Å². The lowest BCUT2D eigenvalue weighted by molar-refractivity contribution is 0.111. The summed E-state index contributed by atoms with van der Waals surface area (Å²) in [6.45, 7) is 0. The summed E-state index contributed by atoms with van der Waals surface area (Å²) in [6, 6.07) is 18.1. The molecule has 0 aliphatic heterocycles. The molecule has 0 spiro atoms. The van der Waals surface area contributed by atoms with Crippen LogP contribution in [-0.4, -0.2) is 10.9 Å². The molecule has 0 unspecified atom stereocenters. The second kappa shape index (κ2) is 4.15. The van der Waals surface area contributed by atoms with Gasteiger partial charge in [-0.2, -0.15) is 0 Å². The zero-order chi connectivity index (χ0) is 12.5. The first-order valence-corrected chi connectivity index (χ1v) is 5.91. The minimum Gasteiger partial charge on any atom is -0.341 e. The Bertz CT molecular complexity index is 711. The molecule has 3 aromatic rings. The Balaban J connectivity index is 2.44. The van der Waals surface area contributed by atoms with Crippen LogP contribution in [0.3, 0.4) is 0 Å². The maximum Gasteiger partial charge on any atom is 0.167 e. The number of nitrogens with zero attached hydrogens (tertiary/aromatic N) is 1. The van der Waals surface area contributed by atoms with E-state index in [0.29, 0.717) is 0 Å². The summed E-state index contributed by atoms with van der Waals surface area (Å²) in [6.07, 6.45) is 0.933. The van der Waals surface area contributed by atoms with Crippen LogP contribution in [0.1, 0.15) is 10.5 Å². The number of aldehydes is 1. The van der Waals surface area contributed by atoms with E-state index in [1.165, 1.54) is 0 Å².